The quantitative estimate of drug-likeness (QED) is 0.535. The highest BCUT2D eigenvalue weighted by Crippen LogP contribution is 2.64. The van der Waals surface area contributed by atoms with Gasteiger partial charge in [0.2, 0.25) is 0 Å². The molecule has 1 nitrogen and oxygen atoms in total. The van der Waals surface area contributed by atoms with E-state index in [1.54, 1.807) is 0 Å². The molecule has 0 aromatic heterocycles. The first-order valence-corrected chi connectivity index (χ1v) is 5.02. The molecule has 0 amide bonds. The number of rotatable bonds is 0. The van der Waals surface area contributed by atoms with Crippen molar-refractivity contribution in [1.82, 2.24) is 0 Å². The lowest BCUT2D eigenvalue weighted by molar-refractivity contribution is 1.12. The zero-order valence-corrected chi connectivity index (χ0v) is 6.60. The lowest BCUT2D eigenvalue weighted by Crippen LogP contribution is -1.91. The van der Waals surface area contributed by atoms with Crippen molar-refractivity contribution in [2.24, 2.45) is 5.92 Å². The molecule has 1 unspecified atom stereocenters. The van der Waals surface area contributed by atoms with Gasteiger partial charge in [0.25, 0.3) is 0 Å². The molecule has 0 bridgehead atoms. The van der Waals surface area contributed by atoms with Crippen molar-refractivity contribution in [3.8, 4) is 6.07 Å². The van der Waals surface area contributed by atoms with E-state index in [0.717, 1.165) is 6.42 Å². The maximum Gasteiger partial charge on any atom is 0.0783 e. The van der Waals surface area contributed by atoms with Crippen LogP contribution < -0.4 is 0 Å². The van der Waals surface area contributed by atoms with E-state index in [1.807, 2.05) is 23.5 Å². The molecule has 0 aromatic carbocycles. The summed E-state index contributed by atoms with van der Waals surface area (Å²) < 4.78 is 0.384. The van der Waals surface area contributed by atoms with E-state index in [2.05, 4.69) is 6.07 Å². The Labute approximate surface area is 63.2 Å². The minimum atomic E-state index is 0.370. The third kappa shape index (κ3) is 0.770. The largest absolute Gasteiger partial charge is 0.198 e. The fraction of sp³-hybridized carbons (Fsp3) is 0.833. The van der Waals surface area contributed by atoms with Crippen molar-refractivity contribution in [2.45, 2.75) is 10.5 Å². The molecule has 9 heavy (non-hydrogen) atoms. The third-order valence-corrected chi connectivity index (χ3v) is 5.45. The molecule has 0 aromatic rings. The Morgan fingerprint density at radius 1 is 1.44 bits per heavy atom. The molecule has 48 valence electrons. The van der Waals surface area contributed by atoms with Gasteiger partial charge in [-0.15, -0.1) is 23.5 Å². The molecule has 1 aliphatic carbocycles. The van der Waals surface area contributed by atoms with Crippen LogP contribution in [0.3, 0.4) is 0 Å². The van der Waals surface area contributed by atoms with E-state index in [0.29, 0.717) is 10.00 Å². The predicted molar refractivity (Wildman–Crippen MR) is 41.4 cm³/mol. The van der Waals surface area contributed by atoms with Crippen molar-refractivity contribution in [1.29, 1.82) is 5.26 Å². The van der Waals surface area contributed by atoms with Crippen LogP contribution in [0, 0.1) is 17.2 Å². The summed E-state index contributed by atoms with van der Waals surface area (Å²) >= 11 is 3.97. The van der Waals surface area contributed by atoms with Crippen LogP contribution in [0.15, 0.2) is 0 Å². The molecule has 1 saturated heterocycles. The lowest BCUT2D eigenvalue weighted by atomic mass is 10.5. The molecular formula is C6H7NS2. The Morgan fingerprint density at radius 2 is 2.11 bits per heavy atom. The smallest absolute Gasteiger partial charge is 0.0783 e. The number of hydrogen-bond acceptors (Lipinski definition) is 3. The second-order valence-corrected chi connectivity index (χ2v) is 5.50. The van der Waals surface area contributed by atoms with Gasteiger partial charge in [-0.25, -0.2) is 0 Å². The van der Waals surface area contributed by atoms with Gasteiger partial charge in [-0.2, -0.15) is 5.26 Å². The van der Waals surface area contributed by atoms with Crippen LogP contribution in [0.1, 0.15) is 6.42 Å². The van der Waals surface area contributed by atoms with Crippen molar-refractivity contribution in [3.63, 3.8) is 0 Å². The van der Waals surface area contributed by atoms with Crippen molar-refractivity contribution < 1.29 is 0 Å². The molecule has 2 fully saturated rings. The molecule has 1 saturated carbocycles. The minimum absolute atomic E-state index is 0.370. The number of thioether (sulfide) groups is 2. The maximum atomic E-state index is 8.55. The van der Waals surface area contributed by atoms with Crippen LogP contribution in [0.4, 0.5) is 0 Å². The number of nitriles is 1. The Balaban J connectivity index is 2.07. The van der Waals surface area contributed by atoms with Crippen LogP contribution in [-0.4, -0.2) is 15.6 Å². The fourth-order valence-corrected chi connectivity index (χ4v) is 4.43. The summed E-state index contributed by atoms with van der Waals surface area (Å²) in [5.41, 5.74) is 0. The second kappa shape index (κ2) is 1.83. The number of nitrogens with zero attached hydrogens (tertiary/aromatic N) is 1. The van der Waals surface area contributed by atoms with E-state index in [4.69, 9.17) is 5.26 Å². The second-order valence-electron chi connectivity index (χ2n) is 2.39. The molecule has 2 aliphatic rings. The molecule has 1 heterocycles. The average molecular weight is 157 g/mol. The molecule has 1 atom stereocenters. The standard InChI is InChI=1S/C6H7NS2/c7-4-5-3-6(5)8-1-2-9-6/h5H,1-3H2. The Kier molecular flexibility index (Phi) is 1.21. The molecule has 3 heteroatoms. The summed E-state index contributed by atoms with van der Waals surface area (Å²) in [5, 5.41) is 8.55. The summed E-state index contributed by atoms with van der Waals surface area (Å²) in [4.78, 5) is 0. The highest BCUT2D eigenvalue weighted by atomic mass is 32.2. The summed E-state index contributed by atoms with van der Waals surface area (Å²) in [6.07, 6.45) is 1.14. The third-order valence-electron chi connectivity index (χ3n) is 1.79. The van der Waals surface area contributed by atoms with Crippen LogP contribution in [0.2, 0.25) is 0 Å². The molecule has 1 aliphatic heterocycles. The zero-order valence-electron chi connectivity index (χ0n) is 4.96. The molecule has 0 N–H and O–H groups in total. The normalized spacial score (nSPS) is 36.6. The summed E-state index contributed by atoms with van der Waals surface area (Å²) in [6.45, 7) is 0. The highest BCUT2D eigenvalue weighted by molar-refractivity contribution is 8.21. The van der Waals surface area contributed by atoms with Crippen LogP contribution in [0.5, 0.6) is 0 Å². The predicted octanol–water partition coefficient (Wildman–Crippen LogP) is 1.71. The Bertz CT molecular complexity index is 166. The highest BCUT2D eigenvalue weighted by Gasteiger charge is 2.57. The minimum Gasteiger partial charge on any atom is -0.198 e. The SMILES string of the molecule is N#CC1CC12SCCS2. The molecule has 0 radical (unpaired) electrons. The maximum absolute atomic E-state index is 8.55. The molecule has 1 spiro atoms. The molecule has 2 rings (SSSR count). The van der Waals surface area contributed by atoms with Gasteiger partial charge in [-0.05, 0) is 6.42 Å². The van der Waals surface area contributed by atoms with Gasteiger partial charge in [-0.1, -0.05) is 0 Å². The van der Waals surface area contributed by atoms with Crippen molar-refractivity contribution in [3.05, 3.63) is 0 Å². The fourth-order valence-electron chi connectivity index (χ4n) is 1.16. The van der Waals surface area contributed by atoms with Crippen LogP contribution in [-0.2, 0) is 0 Å². The summed E-state index contributed by atoms with van der Waals surface area (Å²) in [6, 6.07) is 2.33. The number of hydrogen-bond donors (Lipinski definition) is 0. The van der Waals surface area contributed by atoms with E-state index in [-0.39, 0.29) is 0 Å². The Hall–Kier alpha value is 0.190. The van der Waals surface area contributed by atoms with Crippen molar-refractivity contribution >= 4 is 23.5 Å². The van der Waals surface area contributed by atoms with Crippen LogP contribution >= 0.6 is 23.5 Å². The monoisotopic (exact) mass is 157 g/mol. The lowest BCUT2D eigenvalue weighted by Gasteiger charge is -1.99. The van der Waals surface area contributed by atoms with Gasteiger partial charge >= 0.3 is 0 Å². The van der Waals surface area contributed by atoms with E-state index in [1.165, 1.54) is 11.5 Å². The summed E-state index contributed by atoms with van der Waals surface area (Å²) in [7, 11) is 0. The van der Waals surface area contributed by atoms with Gasteiger partial charge in [0.05, 0.1) is 16.1 Å². The zero-order chi connectivity index (χ0) is 6.32. The van der Waals surface area contributed by atoms with Crippen LogP contribution in [0.25, 0.3) is 0 Å². The van der Waals surface area contributed by atoms with Gasteiger partial charge in [0, 0.05) is 11.5 Å². The summed E-state index contributed by atoms with van der Waals surface area (Å²) in [5.74, 6) is 2.88. The molecular weight excluding hydrogens is 150 g/mol. The first-order valence-electron chi connectivity index (χ1n) is 3.05. The first-order chi connectivity index (χ1) is 4.37. The van der Waals surface area contributed by atoms with Gasteiger partial charge in [0.1, 0.15) is 0 Å². The van der Waals surface area contributed by atoms with Crippen molar-refractivity contribution in [2.75, 3.05) is 11.5 Å². The van der Waals surface area contributed by atoms with Gasteiger partial charge in [0.15, 0.2) is 0 Å². The topological polar surface area (TPSA) is 23.8 Å². The van der Waals surface area contributed by atoms with Gasteiger partial charge in [-0.3, -0.25) is 0 Å². The Morgan fingerprint density at radius 3 is 2.56 bits per heavy atom. The van der Waals surface area contributed by atoms with E-state index < -0.39 is 0 Å². The van der Waals surface area contributed by atoms with Gasteiger partial charge < -0.3 is 0 Å². The van der Waals surface area contributed by atoms with E-state index >= 15 is 0 Å². The average Bonchev–Trinajstić information content (AvgIpc) is 2.30. The van der Waals surface area contributed by atoms with E-state index in [9.17, 15) is 0 Å². The first kappa shape index (κ1) is 5.94.